The highest BCUT2D eigenvalue weighted by Gasteiger charge is 1.77. The first-order valence-electron chi connectivity index (χ1n) is 2.90. The molecule has 0 heterocycles. The minimum absolute atomic E-state index is 0.633. The van der Waals surface area contributed by atoms with Gasteiger partial charge in [0, 0.05) is 13.1 Å². The largest absolute Gasteiger partial charge is 0.484 e. The third-order valence-corrected chi connectivity index (χ3v) is 0.852. The maximum absolute atomic E-state index is 4.78. The van der Waals surface area contributed by atoms with Crippen LogP contribution in [0.5, 0.6) is 0 Å². The number of hydrogen-bond acceptors (Lipinski definition) is 2. The lowest BCUT2D eigenvalue weighted by molar-refractivity contribution is 0.400. The van der Waals surface area contributed by atoms with E-state index in [9.17, 15) is 0 Å². The summed E-state index contributed by atoms with van der Waals surface area (Å²) in [6.07, 6.45) is 5.03. The highest BCUT2D eigenvalue weighted by molar-refractivity contribution is 5.73. The summed E-state index contributed by atoms with van der Waals surface area (Å²) in [6.45, 7) is 5.17. The number of hydrogen-bond donors (Lipinski definition) is 0. The summed E-state index contributed by atoms with van der Waals surface area (Å²) in [5, 5.41) is 0. The van der Waals surface area contributed by atoms with Gasteiger partial charge in [0.2, 0.25) is 0 Å². The van der Waals surface area contributed by atoms with Gasteiger partial charge >= 0.3 is 0 Å². The van der Waals surface area contributed by atoms with E-state index in [0.29, 0.717) is 5.90 Å². The second-order valence-corrected chi connectivity index (χ2v) is 1.56. The smallest absolute Gasteiger partial charge is 0.184 e. The Morgan fingerprint density at radius 1 is 1.70 bits per heavy atom. The molecule has 0 aromatic carbocycles. The number of rotatable bonds is 2. The van der Waals surface area contributed by atoms with E-state index in [1.165, 1.54) is 0 Å². The fraction of sp³-hybridized carbons (Fsp3) is 0.250. The summed E-state index contributed by atoms with van der Waals surface area (Å²) in [5.41, 5.74) is 2.59. The van der Waals surface area contributed by atoms with Crippen LogP contribution in [0.1, 0.15) is 6.92 Å². The topological polar surface area (TPSA) is 21.6 Å². The molecule has 0 bridgehead atoms. The predicted molar refractivity (Wildman–Crippen MR) is 43.0 cm³/mol. The Kier molecular flexibility index (Phi) is 5.12. The van der Waals surface area contributed by atoms with Crippen LogP contribution in [0.25, 0.3) is 0 Å². The highest BCUT2D eigenvalue weighted by Crippen LogP contribution is 1.80. The fourth-order valence-corrected chi connectivity index (χ4v) is 0.312. The number of nitrogens with zero attached hydrogens (tertiary/aromatic N) is 1. The minimum Gasteiger partial charge on any atom is -0.484 e. The first-order chi connectivity index (χ1) is 4.81. The molecule has 0 N–H and O–H groups in total. The van der Waals surface area contributed by atoms with Gasteiger partial charge in [0.25, 0.3) is 0 Å². The van der Waals surface area contributed by atoms with Crippen molar-refractivity contribution in [2.24, 2.45) is 4.99 Å². The standard InChI is InChI=1S/C8H11NO/c1-4-5-6-7-9-8(2)10-3/h5-7H,1H2,2-3H3/b7-6-,9-8?. The van der Waals surface area contributed by atoms with Crippen LogP contribution < -0.4 is 0 Å². The molecule has 0 aliphatic carbocycles. The third-order valence-electron chi connectivity index (χ3n) is 0.852. The molecule has 0 aliphatic heterocycles. The summed E-state index contributed by atoms with van der Waals surface area (Å²) >= 11 is 0. The summed E-state index contributed by atoms with van der Waals surface area (Å²) < 4.78 is 4.78. The molecule has 0 aromatic rings. The van der Waals surface area contributed by atoms with Crippen molar-refractivity contribution < 1.29 is 4.74 Å². The van der Waals surface area contributed by atoms with Gasteiger partial charge in [-0.1, -0.05) is 6.58 Å². The zero-order valence-electron chi connectivity index (χ0n) is 6.29. The molecule has 0 rings (SSSR count). The van der Waals surface area contributed by atoms with Gasteiger partial charge in [0.15, 0.2) is 5.90 Å². The second-order valence-electron chi connectivity index (χ2n) is 1.56. The lowest BCUT2D eigenvalue weighted by Gasteiger charge is -1.91. The van der Waals surface area contributed by atoms with Crippen LogP contribution in [-0.2, 0) is 4.74 Å². The zero-order chi connectivity index (χ0) is 7.82. The van der Waals surface area contributed by atoms with Crippen LogP contribution in [0.3, 0.4) is 0 Å². The Morgan fingerprint density at radius 3 is 2.90 bits per heavy atom. The molecular weight excluding hydrogens is 126 g/mol. The van der Waals surface area contributed by atoms with Crippen molar-refractivity contribution in [2.45, 2.75) is 6.92 Å². The quantitative estimate of drug-likeness (QED) is 0.246. The molecule has 0 fully saturated rings. The maximum atomic E-state index is 4.78. The second kappa shape index (κ2) is 5.86. The Balaban J connectivity index is 3.81. The molecule has 0 atom stereocenters. The number of allylic oxidation sites excluding steroid dienone is 2. The lowest BCUT2D eigenvalue weighted by Crippen LogP contribution is -1.90. The number of methoxy groups -OCH3 is 1. The van der Waals surface area contributed by atoms with E-state index >= 15 is 0 Å². The number of aliphatic imine (C=N–C) groups is 1. The monoisotopic (exact) mass is 137 g/mol. The van der Waals surface area contributed by atoms with E-state index in [4.69, 9.17) is 4.74 Å². The normalized spacial score (nSPS) is 11.2. The van der Waals surface area contributed by atoms with Gasteiger partial charge in [0.1, 0.15) is 0 Å². The molecule has 2 nitrogen and oxygen atoms in total. The summed E-state index contributed by atoms with van der Waals surface area (Å²) in [4.78, 5) is 3.90. The average Bonchev–Trinajstić information content (AvgIpc) is 1.98. The SMILES string of the molecule is C=C=C/C=C\N=C(C)OC. The fourth-order valence-electron chi connectivity index (χ4n) is 0.312. The first-order valence-corrected chi connectivity index (χ1v) is 2.90. The predicted octanol–water partition coefficient (Wildman–Crippen LogP) is 1.91. The molecule has 0 spiro atoms. The molecule has 0 aromatic heterocycles. The van der Waals surface area contributed by atoms with Crippen molar-refractivity contribution in [1.82, 2.24) is 0 Å². The first kappa shape index (κ1) is 8.73. The summed E-state index contributed by atoms with van der Waals surface area (Å²) in [5.74, 6) is 0.633. The van der Waals surface area contributed by atoms with Gasteiger partial charge in [-0.15, -0.1) is 5.73 Å². The molecule has 0 aliphatic rings. The molecule has 54 valence electrons. The van der Waals surface area contributed by atoms with Gasteiger partial charge in [0.05, 0.1) is 7.11 Å². The lowest BCUT2D eigenvalue weighted by atomic mass is 10.6. The van der Waals surface area contributed by atoms with Crippen LogP contribution in [0.4, 0.5) is 0 Å². The number of ether oxygens (including phenoxy) is 1. The van der Waals surface area contributed by atoms with Crippen LogP contribution in [-0.4, -0.2) is 13.0 Å². The van der Waals surface area contributed by atoms with Crippen LogP contribution in [0.2, 0.25) is 0 Å². The summed E-state index contributed by atoms with van der Waals surface area (Å²) in [7, 11) is 1.58. The molecule has 2 heteroatoms. The van der Waals surface area contributed by atoms with Crippen LogP contribution >= 0.6 is 0 Å². The van der Waals surface area contributed by atoms with Crippen molar-refractivity contribution in [3.05, 3.63) is 30.7 Å². The molecular formula is C8H11NO. The molecule has 0 unspecified atom stereocenters. The summed E-state index contributed by atoms with van der Waals surface area (Å²) in [6, 6.07) is 0. The van der Waals surface area contributed by atoms with E-state index in [1.807, 2.05) is 0 Å². The zero-order valence-corrected chi connectivity index (χ0v) is 6.29. The minimum atomic E-state index is 0.633. The van der Waals surface area contributed by atoms with Gasteiger partial charge in [-0.3, -0.25) is 0 Å². The molecule has 0 saturated heterocycles. The van der Waals surface area contributed by atoms with Crippen LogP contribution in [0, 0.1) is 0 Å². The van der Waals surface area contributed by atoms with E-state index in [-0.39, 0.29) is 0 Å². The van der Waals surface area contributed by atoms with Gasteiger partial charge < -0.3 is 4.74 Å². The molecule has 0 radical (unpaired) electrons. The highest BCUT2D eigenvalue weighted by atomic mass is 16.5. The Labute approximate surface area is 61.2 Å². The van der Waals surface area contributed by atoms with E-state index in [2.05, 4.69) is 17.3 Å². The van der Waals surface area contributed by atoms with E-state index in [0.717, 1.165) is 0 Å². The maximum Gasteiger partial charge on any atom is 0.184 e. The van der Waals surface area contributed by atoms with Crippen molar-refractivity contribution in [1.29, 1.82) is 0 Å². The van der Waals surface area contributed by atoms with Gasteiger partial charge in [-0.05, 0) is 12.2 Å². The average molecular weight is 137 g/mol. The molecule has 0 amide bonds. The molecule has 10 heavy (non-hydrogen) atoms. The van der Waals surface area contributed by atoms with Gasteiger partial charge in [-0.25, -0.2) is 4.99 Å². The molecule has 0 saturated carbocycles. The van der Waals surface area contributed by atoms with E-state index < -0.39 is 0 Å². The van der Waals surface area contributed by atoms with Crippen molar-refractivity contribution in [3.63, 3.8) is 0 Å². The van der Waals surface area contributed by atoms with Crippen LogP contribution in [0.15, 0.2) is 35.7 Å². The van der Waals surface area contributed by atoms with Crippen molar-refractivity contribution in [3.8, 4) is 0 Å². The van der Waals surface area contributed by atoms with Gasteiger partial charge in [-0.2, -0.15) is 0 Å². The third kappa shape index (κ3) is 4.88. The van der Waals surface area contributed by atoms with Crippen molar-refractivity contribution in [2.75, 3.05) is 7.11 Å². The Bertz CT molecular complexity index is 185. The Hall–Kier alpha value is -1.27. The Morgan fingerprint density at radius 2 is 2.40 bits per heavy atom. The van der Waals surface area contributed by atoms with E-state index in [1.54, 1.807) is 32.4 Å². The van der Waals surface area contributed by atoms with Crippen molar-refractivity contribution >= 4 is 5.90 Å².